The first-order valence-electron chi connectivity index (χ1n) is 7.70. The zero-order valence-corrected chi connectivity index (χ0v) is 12.3. The Bertz CT molecular complexity index is 758. The van der Waals surface area contributed by atoms with Crippen molar-refractivity contribution in [3.63, 3.8) is 0 Å². The van der Waals surface area contributed by atoms with Gasteiger partial charge in [0.05, 0.1) is 5.69 Å². The first-order valence-corrected chi connectivity index (χ1v) is 7.70. The maximum absolute atomic E-state index is 4.54. The van der Waals surface area contributed by atoms with Crippen molar-refractivity contribution in [1.29, 1.82) is 0 Å². The van der Waals surface area contributed by atoms with Gasteiger partial charge in [-0.05, 0) is 34.7 Å². The zero-order chi connectivity index (χ0) is 14.8. The molecular weight excluding hydrogens is 276 g/mol. The number of hydrogen-bond acceptors (Lipinski definition) is 5. The summed E-state index contributed by atoms with van der Waals surface area (Å²) in [6, 6.07) is 11.0. The highest BCUT2D eigenvalue weighted by molar-refractivity contribution is 5.81. The Morgan fingerprint density at radius 1 is 1.18 bits per heavy atom. The van der Waals surface area contributed by atoms with Crippen molar-refractivity contribution in [1.82, 2.24) is 30.5 Å². The summed E-state index contributed by atoms with van der Waals surface area (Å²) < 4.78 is 1.91. The smallest absolute Gasteiger partial charge is 0.151 e. The molecule has 3 aromatic rings. The minimum Gasteiger partial charge on any atom is -0.308 e. The molecule has 2 aromatic heterocycles. The topological polar surface area (TPSA) is 68.5 Å². The van der Waals surface area contributed by atoms with E-state index in [0.29, 0.717) is 6.04 Å². The van der Waals surface area contributed by atoms with E-state index in [1.54, 1.807) is 0 Å². The van der Waals surface area contributed by atoms with E-state index in [4.69, 9.17) is 0 Å². The summed E-state index contributed by atoms with van der Waals surface area (Å²) >= 11 is 0. The molecule has 0 spiro atoms. The van der Waals surface area contributed by atoms with Crippen molar-refractivity contribution in [2.45, 2.75) is 38.4 Å². The molecule has 6 heteroatoms. The van der Waals surface area contributed by atoms with Crippen molar-refractivity contribution >= 4 is 10.8 Å². The van der Waals surface area contributed by atoms with Gasteiger partial charge in [-0.25, -0.2) is 4.68 Å². The number of rotatable bonds is 3. The zero-order valence-electron chi connectivity index (χ0n) is 12.3. The lowest BCUT2D eigenvalue weighted by Gasteiger charge is -2.15. The molecule has 1 atom stereocenters. The van der Waals surface area contributed by atoms with Crippen LogP contribution in [0, 0.1) is 0 Å². The van der Waals surface area contributed by atoms with E-state index < -0.39 is 0 Å². The largest absolute Gasteiger partial charge is 0.308 e. The minimum absolute atomic E-state index is 0.469. The van der Waals surface area contributed by atoms with Crippen LogP contribution in [0.4, 0.5) is 0 Å². The molecule has 0 radical (unpaired) electrons. The van der Waals surface area contributed by atoms with Crippen LogP contribution in [0.2, 0.25) is 0 Å². The summed E-state index contributed by atoms with van der Waals surface area (Å²) in [6.07, 6.45) is 4.99. The van der Waals surface area contributed by atoms with E-state index >= 15 is 0 Å². The summed E-state index contributed by atoms with van der Waals surface area (Å²) in [5, 5.41) is 17.9. The molecule has 6 nitrogen and oxygen atoms in total. The molecule has 0 fully saturated rings. The Morgan fingerprint density at radius 3 is 3.05 bits per heavy atom. The van der Waals surface area contributed by atoms with Gasteiger partial charge in [0.1, 0.15) is 0 Å². The van der Waals surface area contributed by atoms with E-state index in [1.807, 2.05) is 16.9 Å². The van der Waals surface area contributed by atoms with E-state index in [1.165, 1.54) is 10.8 Å². The summed E-state index contributed by atoms with van der Waals surface area (Å²) in [5.41, 5.74) is 1.08. The molecule has 0 amide bonds. The van der Waals surface area contributed by atoms with Crippen molar-refractivity contribution in [2.75, 3.05) is 0 Å². The van der Waals surface area contributed by atoms with Gasteiger partial charge in [-0.15, -0.1) is 5.10 Å². The highest BCUT2D eigenvalue weighted by Gasteiger charge is 2.17. The second-order valence-corrected chi connectivity index (χ2v) is 5.75. The van der Waals surface area contributed by atoms with Crippen LogP contribution < -0.4 is 5.32 Å². The van der Waals surface area contributed by atoms with Crippen LogP contribution in [0.1, 0.15) is 24.4 Å². The molecule has 0 bridgehead atoms. The number of pyridine rings is 1. The Morgan fingerprint density at radius 2 is 2.09 bits per heavy atom. The molecule has 0 aliphatic carbocycles. The maximum Gasteiger partial charge on any atom is 0.151 e. The van der Waals surface area contributed by atoms with Gasteiger partial charge in [0, 0.05) is 37.1 Å². The summed E-state index contributed by atoms with van der Waals surface area (Å²) in [5.74, 6) is 0.994. The standard InChI is InChI=1S/C16H18N6/c1-2-4-13-10-17-15(9-12(13)3-1)11-18-14-5-6-16-19-20-21-22(16)8-7-14/h1-4,9-10,14,18H,5-8,11H2. The van der Waals surface area contributed by atoms with Gasteiger partial charge < -0.3 is 5.32 Å². The lowest BCUT2D eigenvalue weighted by atomic mass is 10.1. The summed E-state index contributed by atoms with van der Waals surface area (Å²) in [6.45, 7) is 1.68. The first-order chi connectivity index (χ1) is 10.9. The maximum atomic E-state index is 4.54. The van der Waals surface area contributed by atoms with Gasteiger partial charge >= 0.3 is 0 Å². The average molecular weight is 294 g/mol. The molecule has 3 heterocycles. The molecule has 1 N–H and O–H groups in total. The van der Waals surface area contributed by atoms with Crippen LogP contribution in [-0.2, 0) is 19.5 Å². The molecule has 4 rings (SSSR count). The number of tetrazole rings is 1. The molecule has 112 valence electrons. The Labute approximate surface area is 128 Å². The molecule has 1 aliphatic rings. The van der Waals surface area contributed by atoms with Crippen molar-refractivity contribution in [3.8, 4) is 0 Å². The molecule has 1 aliphatic heterocycles. The highest BCUT2D eigenvalue weighted by atomic mass is 15.5. The van der Waals surface area contributed by atoms with Gasteiger partial charge in [0.15, 0.2) is 5.82 Å². The third-order valence-electron chi connectivity index (χ3n) is 4.27. The SMILES string of the molecule is c1ccc2cc(CNC3CCc4nnnn4CC3)ncc2c1. The van der Waals surface area contributed by atoms with Gasteiger partial charge in [0.2, 0.25) is 0 Å². The molecule has 0 saturated heterocycles. The van der Waals surface area contributed by atoms with E-state index in [0.717, 1.165) is 43.9 Å². The van der Waals surface area contributed by atoms with E-state index in [2.05, 4.69) is 50.1 Å². The Hall–Kier alpha value is -2.34. The number of fused-ring (bicyclic) bond motifs is 2. The molecule has 0 saturated carbocycles. The second kappa shape index (κ2) is 5.81. The predicted octanol–water partition coefficient (Wildman–Crippen LogP) is 1.72. The number of aromatic nitrogens is 5. The van der Waals surface area contributed by atoms with Gasteiger partial charge in [-0.2, -0.15) is 0 Å². The van der Waals surface area contributed by atoms with Crippen LogP contribution in [0.5, 0.6) is 0 Å². The first kappa shape index (κ1) is 13.3. The van der Waals surface area contributed by atoms with Gasteiger partial charge in [-0.3, -0.25) is 4.98 Å². The monoisotopic (exact) mass is 294 g/mol. The number of benzene rings is 1. The van der Waals surface area contributed by atoms with Gasteiger partial charge in [-0.1, -0.05) is 24.3 Å². The van der Waals surface area contributed by atoms with Gasteiger partial charge in [0.25, 0.3) is 0 Å². The van der Waals surface area contributed by atoms with E-state index in [9.17, 15) is 0 Å². The second-order valence-electron chi connectivity index (χ2n) is 5.75. The lowest BCUT2D eigenvalue weighted by molar-refractivity contribution is 0.433. The molecule has 1 aromatic carbocycles. The van der Waals surface area contributed by atoms with Crippen LogP contribution in [0.25, 0.3) is 10.8 Å². The van der Waals surface area contributed by atoms with Crippen molar-refractivity contribution in [2.24, 2.45) is 0 Å². The van der Waals surface area contributed by atoms with E-state index in [-0.39, 0.29) is 0 Å². The molecular formula is C16H18N6. The van der Waals surface area contributed by atoms with Crippen LogP contribution in [0.15, 0.2) is 36.5 Å². The summed E-state index contributed by atoms with van der Waals surface area (Å²) in [7, 11) is 0. The summed E-state index contributed by atoms with van der Waals surface area (Å²) in [4.78, 5) is 4.54. The highest BCUT2D eigenvalue weighted by Crippen LogP contribution is 2.15. The third kappa shape index (κ3) is 2.69. The minimum atomic E-state index is 0.469. The number of nitrogens with zero attached hydrogens (tertiary/aromatic N) is 5. The van der Waals surface area contributed by atoms with Crippen molar-refractivity contribution < 1.29 is 0 Å². The van der Waals surface area contributed by atoms with Crippen molar-refractivity contribution in [3.05, 3.63) is 48.0 Å². The van der Waals surface area contributed by atoms with Crippen LogP contribution in [-0.4, -0.2) is 31.2 Å². The molecule has 22 heavy (non-hydrogen) atoms. The lowest BCUT2D eigenvalue weighted by Crippen LogP contribution is -2.29. The fourth-order valence-electron chi connectivity index (χ4n) is 2.98. The Kier molecular flexibility index (Phi) is 3.52. The average Bonchev–Trinajstić information content (AvgIpc) is 2.93. The fraction of sp³-hybridized carbons (Fsp3) is 0.375. The fourth-order valence-corrected chi connectivity index (χ4v) is 2.98. The number of aryl methyl sites for hydroxylation is 2. The quantitative estimate of drug-likeness (QED) is 0.796. The normalized spacial score (nSPS) is 18.1. The predicted molar refractivity (Wildman–Crippen MR) is 83.1 cm³/mol. The number of nitrogens with one attached hydrogen (secondary N) is 1. The number of hydrogen-bond donors (Lipinski definition) is 1. The van der Waals surface area contributed by atoms with Crippen LogP contribution in [0.3, 0.4) is 0 Å². The molecule has 1 unspecified atom stereocenters. The third-order valence-corrected chi connectivity index (χ3v) is 4.27. The van der Waals surface area contributed by atoms with Crippen LogP contribution >= 0.6 is 0 Å². The Balaban J connectivity index is 1.40.